The summed E-state index contributed by atoms with van der Waals surface area (Å²) in [4.78, 5) is 35.4. The number of esters is 2. The third-order valence-corrected chi connectivity index (χ3v) is 7.04. The van der Waals surface area contributed by atoms with Crippen molar-refractivity contribution in [1.82, 2.24) is 0 Å². The summed E-state index contributed by atoms with van der Waals surface area (Å²) in [7, 11) is 0. The highest BCUT2D eigenvalue weighted by Crippen LogP contribution is 2.12. The standard InChI is InChI=1S/C37H62O6/c1-3-5-7-8-9-10-12-16-19-22-26-30-36(40)42-32-35(39)33-43-37(41)31-27-23-20-17-14-11-13-15-18-21-25-29-34(38)28-24-6-4-2/h11,13,17-18,20-21,25,29,35,39H,3-10,12,14-16,19,22-24,26-28,30-33H2,1-2H3/b13-11-,20-17-,21-18-,29-25+/t35-/m1/s1. The smallest absolute Gasteiger partial charge is 0.305 e. The quantitative estimate of drug-likeness (QED) is 0.0290. The summed E-state index contributed by atoms with van der Waals surface area (Å²) in [6.07, 6.45) is 35.7. The van der Waals surface area contributed by atoms with E-state index in [2.05, 4.69) is 32.1 Å². The third-order valence-electron chi connectivity index (χ3n) is 7.04. The van der Waals surface area contributed by atoms with E-state index in [1.54, 1.807) is 6.08 Å². The van der Waals surface area contributed by atoms with Gasteiger partial charge in [0.05, 0.1) is 0 Å². The van der Waals surface area contributed by atoms with Crippen LogP contribution in [-0.4, -0.2) is 42.1 Å². The highest BCUT2D eigenvalue weighted by Gasteiger charge is 2.12. The van der Waals surface area contributed by atoms with E-state index in [0.29, 0.717) is 19.3 Å². The Labute approximate surface area is 263 Å². The van der Waals surface area contributed by atoms with E-state index in [1.807, 2.05) is 24.3 Å². The molecule has 0 spiro atoms. The van der Waals surface area contributed by atoms with Gasteiger partial charge >= 0.3 is 11.9 Å². The first kappa shape index (κ1) is 40.5. The molecule has 6 heteroatoms. The molecule has 0 saturated carbocycles. The van der Waals surface area contributed by atoms with Crippen LogP contribution in [0.4, 0.5) is 0 Å². The molecule has 1 N–H and O–H groups in total. The van der Waals surface area contributed by atoms with E-state index >= 15 is 0 Å². The van der Waals surface area contributed by atoms with Crippen LogP contribution in [0.3, 0.4) is 0 Å². The molecule has 246 valence electrons. The average molecular weight is 603 g/mol. The van der Waals surface area contributed by atoms with E-state index in [0.717, 1.165) is 57.8 Å². The van der Waals surface area contributed by atoms with Crippen molar-refractivity contribution in [1.29, 1.82) is 0 Å². The Bertz CT molecular complexity index is 795. The van der Waals surface area contributed by atoms with Crippen LogP contribution in [0.1, 0.15) is 149 Å². The third kappa shape index (κ3) is 32.3. The molecule has 0 fully saturated rings. The van der Waals surface area contributed by atoms with Gasteiger partial charge in [0.25, 0.3) is 0 Å². The molecule has 0 unspecified atom stereocenters. The van der Waals surface area contributed by atoms with Gasteiger partial charge in [-0.05, 0) is 44.6 Å². The van der Waals surface area contributed by atoms with Crippen LogP contribution in [0.15, 0.2) is 48.6 Å². The first-order valence-corrected chi connectivity index (χ1v) is 17.1. The van der Waals surface area contributed by atoms with Gasteiger partial charge in [-0.2, -0.15) is 0 Å². The number of hydrogen-bond acceptors (Lipinski definition) is 6. The maximum atomic E-state index is 11.9. The first-order valence-electron chi connectivity index (χ1n) is 17.1. The first-order chi connectivity index (χ1) is 21.0. The Morgan fingerprint density at radius 3 is 1.63 bits per heavy atom. The summed E-state index contributed by atoms with van der Waals surface area (Å²) in [5.41, 5.74) is 0. The lowest BCUT2D eigenvalue weighted by Crippen LogP contribution is -2.25. The molecule has 0 radical (unpaired) electrons. The van der Waals surface area contributed by atoms with Crippen LogP contribution < -0.4 is 0 Å². The van der Waals surface area contributed by atoms with Crippen LogP contribution in [0.2, 0.25) is 0 Å². The fourth-order valence-corrected chi connectivity index (χ4v) is 4.38. The predicted octanol–water partition coefficient (Wildman–Crippen LogP) is 9.46. The number of ketones is 1. The van der Waals surface area contributed by atoms with Gasteiger partial charge in [-0.3, -0.25) is 14.4 Å². The van der Waals surface area contributed by atoms with Crippen molar-refractivity contribution in [2.45, 2.75) is 155 Å². The molecule has 0 bridgehead atoms. The molecular formula is C37H62O6. The van der Waals surface area contributed by atoms with Gasteiger partial charge in [0, 0.05) is 19.3 Å². The van der Waals surface area contributed by atoms with Crippen LogP contribution in [0.25, 0.3) is 0 Å². The summed E-state index contributed by atoms with van der Waals surface area (Å²) in [6, 6.07) is 0. The number of ether oxygens (including phenoxy) is 2. The molecule has 0 saturated heterocycles. The number of aliphatic hydroxyl groups is 1. The molecule has 0 aliphatic carbocycles. The average Bonchev–Trinajstić information content (AvgIpc) is 3.00. The largest absolute Gasteiger partial charge is 0.463 e. The summed E-state index contributed by atoms with van der Waals surface area (Å²) in [5, 5.41) is 9.94. The Kier molecular flexibility index (Phi) is 30.6. The van der Waals surface area contributed by atoms with Crippen LogP contribution >= 0.6 is 0 Å². The molecule has 0 aliphatic rings. The minimum Gasteiger partial charge on any atom is -0.463 e. The molecule has 1 atom stereocenters. The second-order valence-corrected chi connectivity index (χ2v) is 11.3. The molecular weight excluding hydrogens is 540 g/mol. The summed E-state index contributed by atoms with van der Waals surface area (Å²) >= 11 is 0. The summed E-state index contributed by atoms with van der Waals surface area (Å²) < 4.78 is 10.2. The van der Waals surface area contributed by atoms with Crippen molar-refractivity contribution in [2.75, 3.05) is 13.2 Å². The molecule has 0 aromatic heterocycles. The second kappa shape index (κ2) is 32.4. The number of hydrogen-bond donors (Lipinski definition) is 1. The van der Waals surface area contributed by atoms with E-state index in [1.165, 1.54) is 51.4 Å². The minimum absolute atomic E-state index is 0.147. The number of rotatable bonds is 30. The SMILES string of the molecule is CCCCCCCCCCCCCC(=O)OC[C@@H](O)COC(=O)CCC/C=C\C/C=C\C/C=C\C=C\C(=O)CCCCC. The van der Waals surface area contributed by atoms with Crippen LogP contribution in [-0.2, 0) is 23.9 Å². The Hall–Kier alpha value is -2.47. The molecule has 0 heterocycles. The van der Waals surface area contributed by atoms with Gasteiger partial charge in [-0.1, -0.05) is 133 Å². The number of unbranched alkanes of at least 4 members (excludes halogenated alkanes) is 13. The Morgan fingerprint density at radius 1 is 0.558 bits per heavy atom. The van der Waals surface area contributed by atoms with Crippen molar-refractivity contribution in [3.8, 4) is 0 Å². The zero-order valence-electron chi connectivity index (χ0n) is 27.4. The maximum absolute atomic E-state index is 11.9. The lowest BCUT2D eigenvalue weighted by Gasteiger charge is -2.12. The van der Waals surface area contributed by atoms with E-state index in [9.17, 15) is 19.5 Å². The zero-order valence-corrected chi connectivity index (χ0v) is 27.4. The Balaban J connectivity index is 3.63. The topological polar surface area (TPSA) is 89.9 Å². The monoisotopic (exact) mass is 602 g/mol. The number of aliphatic hydroxyl groups excluding tert-OH is 1. The molecule has 0 aromatic rings. The van der Waals surface area contributed by atoms with E-state index in [4.69, 9.17) is 9.47 Å². The highest BCUT2D eigenvalue weighted by atomic mass is 16.6. The van der Waals surface area contributed by atoms with Crippen LogP contribution in [0, 0.1) is 0 Å². The number of carbonyl (C=O) groups is 3. The summed E-state index contributed by atoms with van der Waals surface area (Å²) in [5.74, 6) is -0.479. The van der Waals surface area contributed by atoms with Crippen LogP contribution in [0.5, 0.6) is 0 Å². The summed E-state index contributed by atoms with van der Waals surface area (Å²) in [6.45, 7) is 4.06. The van der Waals surface area contributed by atoms with E-state index < -0.39 is 6.10 Å². The van der Waals surface area contributed by atoms with Gasteiger partial charge in [-0.25, -0.2) is 0 Å². The fraction of sp³-hybridized carbons (Fsp3) is 0.703. The van der Waals surface area contributed by atoms with Gasteiger partial charge in [0.2, 0.25) is 0 Å². The van der Waals surface area contributed by atoms with Crippen molar-refractivity contribution in [2.24, 2.45) is 0 Å². The molecule has 0 rings (SSSR count). The normalized spacial score (nSPS) is 12.6. The van der Waals surface area contributed by atoms with Crippen molar-refractivity contribution < 1.29 is 29.0 Å². The lowest BCUT2D eigenvalue weighted by molar-refractivity contribution is -0.152. The van der Waals surface area contributed by atoms with Crippen molar-refractivity contribution in [3.05, 3.63) is 48.6 Å². The van der Waals surface area contributed by atoms with Gasteiger partial charge in [-0.15, -0.1) is 0 Å². The van der Waals surface area contributed by atoms with Crippen molar-refractivity contribution >= 4 is 17.7 Å². The maximum Gasteiger partial charge on any atom is 0.305 e. The lowest BCUT2D eigenvalue weighted by atomic mass is 10.1. The molecule has 0 aromatic carbocycles. The molecule has 43 heavy (non-hydrogen) atoms. The molecule has 6 nitrogen and oxygen atoms in total. The zero-order chi connectivity index (χ0) is 31.6. The Morgan fingerprint density at radius 2 is 1.02 bits per heavy atom. The van der Waals surface area contributed by atoms with E-state index in [-0.39, 0.29) is 37.4 Å². The molecule has 0 amide bonds. The minimum atomic E-state index is -0.999. The second-order valence-electron chi connectivity index (χ2n) is 11.3. The van der Waals surface area contributed by atoms with Crippen molar-refractivity contribution in [3.63, 3.8) is 0 Å². The number of carbonyl (C=O) groups excluding carboxylic acids is 3. The number of allylic oxidation sites excluding steroid dienone is 8. The highest BCUT2D eigenvalue weighted by molar-refractivity contribution is 5.89. The molecule has 0 aliphatic heterocycles. The predicted molar refractivity (Wildman–Crippen MR) is 178 cm³/mol. The van der Waals surface area contributed by atoms with Gasteiger partial charge < -0.3 is 14.6 Å². The fourth-order valence-electron chi connectivity index (χ4n) is 4.38. The van der Waals surface area contributed by atoms with Gasteiger partial charge in [0.1, 0.15) is 19.3 Å². The van der Waals surface area contributed by atoms with Gasteiger partial charge in [0.15, 0.2) is 5.78 Å².